The third-order valence-corrected chi connectivity index (χ3v) is 3.80. The molecule has 0 aromatic carbocycles. The van der Waals surface area contributed by atoms with Gasteiger partial charge in [-0.15, -0.1) is 11.3 Å². The lowest BCUT2D eigenvalue weighted by Crippen LogP contribution is -2.21. The first-order valence-electron chi connectivity index (χ1n) is 5.89. The van der Waals surface area contributed by atoms with Crippen molar-refractivity contribution in [2.75, 3.05) is 0 Å². The van der Waals surface area contributed by atoms with Gasteiger partial charge in [0.2, 0.25) is 0 Å². The van der Waals surface area contributed by atoms with Gasteiger partial charge in [0, 0.05) is 17.5 Å². The van der Waals surface area contributed by atoms with E-state index in [-0.39, 0.29) is 18.5 Å². The summed E-state index contributed by atoms with van der Waals surface area (Å²) in [6, 6.07) is 3.52. The SMILES string of the molecule is O=C(O)CCn1cnc2scc(-c3ccco3)c2c1=O. The molecule has 0 radical (unpaired) electrons. The number of nitrogens with zero attached hydrogens (tertiary/aromatic N) is 2. The number of carbonyl (C=O) groups is 1. The van der Waals surface area contributed by atoms with Gasteiger partial charge in [0.1, 0.15) is 10.6 Å². The topological polar surface area (TPSA) is 85.3 Å². The summed E-state index contributed by atoms with van der Waals surface area (Å²) in [4.78, 5) is 27.8. The predicted molar refractivity (Wildman–Crippen MR) is 73.8 cm³/mol. The van der Waals surface area contributed by atoms with Crippen LogP contribution < -0.4 is 5.56 Å². The predicted octanol–water partition coefficient (Wildman–Crippen LogP) is 2.19. The first-order valence-corrected chi connectivity index (χ1v) is 6.77. The zero-order valence-corrected chi connectivity index (χ0v) is 11.1. The number of thiophene rings is 1. The number of carboxylic acid groups (broad SMARTS) is 1. The summed E-state index contributed by atoms with van der Waals surface area (Å²) in [6.45, 7) is 0.102. The van der Waals surface area contributed by atoms with E-state index in [1.165, 1.54) is 28.5 Å². The first-order chi connectivity index (χ1) is 9.66. The number of carboxylic acids is 1. The van der Waals surface area contributed by atoms with Crippen molar-refractivity contribution >= 4 is 27.5 Å². The maximum absolute atomic E-state index is 12.4. The molecule has 6 nitrogen and oxygen atoms in total. The summed E-state index contributed by atoms with van der Waals surface area (Å²) in [5, 5.41) is 11.0. The van der Waals surface area contributed by atoms with E-state index in [4.69, 9.17) is 9.52 Å². The van der Waals surface area contributed by atoms with E-state index < -0.39 is 5.97 Å². The molecule has 20 heavy (non-hydrogen) atoms. The summed E-state index contributed by atoms with van der Waals surface area (Å²) < 4.78 is 6.63. The Hall–Kier alpha value is -2.41. The van der Waals surface area contributed by atoms with Crippen LogP contribution in [0.4, 0.5) is 0 Å². The van der Waals surface area contributed by atoms with Gasteiger partial charge in [-0.25, -0.2) is 4.98 Å². The van der Waals surface area contributed by atoms with E-state index in [1.54, 1.807) is 12.1 Å². The minimum atomic E-state index is -0.950. The van der Waals surface area contributed by atoms with Gasteiger partial charge < -0.3 is 9.52 Å². The Morgan fingerprint density at radius 1 is 1.50 bits per heavy atom. The van der Waals surface area contributed by atoms with Gasteiger partial charge in [-0.05, 0) is 12.1 Å². The van der Waals surface area contributed by atoms with Crippen LogP contribution in [0.1, 0.15) is 6.42 Å². The molecule has 0 aliphatic carbocycles. The van der Waals surface area contributed by atoms with Gasteiger partial charge in [0.05, 0.1) is 24.4 Å². The average Bonchev–Trinajstić information content (AvgIpc) is 3.06. The highest BCUT2D eigenvalue weighted by atomic mass is 32.1. The van der Waals surface area contributed by atoms with Crippen molar-refractivity contribution in [3.05, 3.63) is 40.5 Å². The van der Waals surface area contributed by atoms with Crippen LogP contribution in [0.2, 0.25) is 0 Å². The number of furan rings is 1. The van der Waals surface area contributed by atoms with Crippen LogP contribution in [-0.4, -0.2) is 20.6 Å². The third kappa shape index (κ3) is 2.12. The van der Waals surface area contributed by atoms with Gasteiger partial charge >= 0.3 is 5.97 Å². The molecule has 3 aromatic heterocycles. The highest BCUT2D eigenvalue weighted by molar-refractivity contribution is 7.17. The number of aryl methyl sites for hydroxylation is 1. The molecule has 3 heterocycles. The average molecular weight is 290 g/mol. The molecule has 0 spiro atoms. The summed E-state index contributed by atoms with van der Waals surface area (Å²) >= 11 is 1.36. The fourth-order valence-corrected chi connectivity index (χ4v) is 2.84. The molecule has 0 unspecified atom stereocenters. The molecule has 0 amide bonds. The molecular weight excluding hydrogens is 280 g/mol. The maximum atomic E-state index is 12.4. The summed E-state index contributed by atoms with van der Waals surface area (Å²) in [5.41, 5.74) is 0.445. The van der Waals surface area contributed by atoms with Crippen LogP contribution >= 0.6 is 11.3 Å². The highest BCUT2D eigenvalue weighted by Gasteiger charge is 2.15. The van der Waals surface area contributed by atoms with E-state index in [0.29, 0.717) is 21.5 Å². The van der Waals surface area contributed by atoms with Gasteiger partial charge in [-0.3, -0.25) is 14.2 Å². The zero-order valence-electron chi connectivity index (χ0n) is 10.3. The van der Waals surface area contributed by atoms with Crippen LogP contribution in [0.15, 0.2) is 39.3 Å². The van der Waals surface area contributed by atoms with Gasteiger partial charge in [0.25, 0.3) is 5.56 Å². The van der Waals surface area contributed by atoms with Gasteiger partial charge in [0.15, 0.2) is 0 Å². The molecule has 1 N–H and O–H groups in total. The second-order valence-electron chi connectivity index (χ2n) is 4.19. The monoisotopic (exact) mass is 290 g/mol. The number of hydrogen-bond donors (Lipinski definition) is 1. The molecule has 0 atom stereocenters. The number of hydrogen-bond acceptors (Lipinski definition) is 5. The van der Waals surface area contributed by atoms with E-state index in [1.807, 2.05) is 5.38 Å². The summed E-state index contributed by atoms with van der Waals surface area (Å²) in [5.74, 6) is -0.347. The lowest BCUT2D eigenvalue weighted by molar-refractivity contribution is -0.137. The van der Waals surface area contributed by atoms with E-state index >= 15 is 0 Å². The Bertz CT molecular complexity index is 817. The summed E-state index contributed by atoms with van der Waals surface area (Å²) in [7, 11) is 0. The lowest BCUT2D eigenvalue weighted by atomic mass is 10.2. The Morgan fingerprint density at radius 2 is 2.35 bits per heavy atom. The normalized spacial score (nSPS) is 11.0. The third-order valence-electron chi connectivity index (χ3n) is 2.91. The fourth-order valence-electron chi connectivity index (χ4n) is 1.96. The van der Waals surface area contributed by atoms with Crippen LogP contribution in [0, 0.1) is 0 Å². The van der Waals surface area contributed by atoms with Gasteiger partial charge in [-0.2, -0.15) is 0 Å². The Morgan fingerprint density at radius 3 is 3.05 bits per heavy atom. The van der Waals surface area contributed by atoms with Crippen LogP contribution in [0.5, 0.6) is 0 Å². The molecule has 0 saturated heterocycles. The minimum Gasteiger partial charge on any atom is -0.481 e. The Balaban J connectivity index is 2.13. The Kier molecular flexibility index (Phi) is 3.11. The molecule has 0 saturated carbocycles. The fraction of sp³-hybridized carbons (Fsp3) is 0.154. The van der Waals surface area contributed by atoms with E-state index in [9.17, 15) is 9.59 Å². The van der Waals surface area contributed by atoms with Crippen LogP contribution in [-0.2, 0) is 11.3 Å². The maximum Gasteiger partial charge on any atom is 0.305 e. The lowest BCUT2D eigenvalue weighted by Gasteiger charge is -2.03. The van der Waals surface area contributed by atoms with Crippen molar-refractivity contribution in [3.8, 4) is 11.3 Å². The smallest absolute Gasteiger partial charge is 0.305 e. The van der Waals surface area contributed by atoms with Gasteiger partial charge in [-0.1, -0.05) is 0 Å². The molecule has 0 aliphatic rings. The second kappa shape index (κ2) is 4.93. The van der Waals surface area contributed by atoms with Crippen molar-refractivity contribution in [3.63, 3.8) is 0 Å². The standard InChI is InChI=1S/C13H10N2O4S/c16-10(17)3-4-15-7-14-12-11(13(15)18)8(6-20-12)9-2-1-5-19-9/h1-2,5-7H,3-4H2,(H,16,17). The van der Waals surface area contributed by atoms with Crippen molar-refractivity contribution in [1.29, 1.82) is 0 Å². The number of aromatic nitrogens is 2. The molecular formula is C13H10N2O4S. The first kappa shape index (κ1) is 12.6. The number of rotatable bonds is 4. The Labute approximate surface area is 116 Å². The minimum absolute atomic E-state index is 0.102. The molecule has 0 bridgehead atoms. The van der Waals surface area contributed by atoms with Crippen LogP contribution in [0.3, 0.4) is 0 Å². The summed E-state index contributed by atoms with van der Waals surface area (Å²) in [6.07, 6.45) is 2.81. The van der Waals surface area contributed by atoms with Crippen molar-refractivity contribution in [1.82, 2.24) is 9.55 Å². The van der Waals surface area contributed by atoms with Crippen molar-refractivity contribution in [2.45, 2.75) is 13.0 Å². The molecule has 0 fully saturated rings. The molecule has 0 aliphatic heterocycles. The number of fused-ring (bicyclic) bond motifs is 1. The molecule has 3 rings (SSSR count). The molecule has 3 aromatic rings. The van der Waals surface area contributed by atoms with E-state index in [2.05, 4.69) is 4.98 Å². The van der Waals surface area contributed by atoms with E-state index in [0.717, 1.165) is 0 Å². The van der Waals surface area contributed by atoms with Crippen LogP contribution in [0.25, 0.3) is 21.5 Å². The van der Waals surface area contributed by atoms with Crippen molar-refractivity contribution in [2.24, 2.45) is 0 Å². The second-order valence-corrected chi connectivity index (χ2v) is 5.05. The largest absolute Gasteiger partial charge is 0.481 e. The highest BCUT2D eigenvalue weighted by Crippen LogP contribution is 2.30. The number of aliphatic carboxylic acids is 1. The molecule has 102 valence electrons. The zero-order chi connectivity index (χ0) is 14.1. The quantitative estimate of drug-likeness (QED) is 0.796. The molecule has 7 heteroatoms. The van der Waals surface area contributed by atoms with Crippen molar-refractivity contribution < 1.29 is 14.3 Å².